The Morgan fingerprint density at radius 1 is 1.06 bits per heavy atom. The van der Waals surface area contributed by atoms with Gasteiger partial charge in [-0.2, -0.15) is 0 Å². The number of likely N-dealkylation sites (tertiary alicyclic amines) is 2. The molecule has 33 heavy (non-hydrogen) atoms. The van der Waals surface area contributed by atoms with Crippen LogP contribution in [0.15, 0.2) is 42.7 Å². The number of nitrogens with two attached hydrogens (primary N) is 1. The molecule has 0 saturated carbocycles. The van der Waals surface area contributed by atoms with Crippen LogP contribution in [0.5, 0.6) is 0 Å². The number of hydrogen-bond acceptors (Lipinski definition) is 4. The van der Waals surface area contributed by atoms with Crippen molar-refractivity contribution in [3.05, 3.63) is 65.0 Å². The highest BCUT2D eigenvalue weighted by atomic mass is 16.4. The number of benzene rings is 1. The van der Waals surface area contributed by atoms with Crippen LogP contribution in [-0.2, 0) is 6.42 Å². The molecule has 2 fully saturated rings. The number of carboxylic acid groups (broad SMARTS) is 1. The highest BCUT2D eigenvalue weighted by molar-refractivity contribution is 5.94. The van der Waals surface area contributed by atoms with Gasteiger partial charge in [0.1, 0.15) is 0 Å². The third-order valence-corrected chi connectivity index (χ3v) is 6.79. The van der Waals surface area contributed by atoms with Crippen molar-refractivity contribution in [1.82, 2.24) is 14.8 Å². The van der Waals surface area contributed by atoms with E-state index in [4.69, 9.17) is 5.73 Å². The van der Waals surface area contributed by atoms with E-state index in [9.17, 15) is 19.5 Å². The number of hydrogen-bond donors (Lipinski definition) is 2. The number of piperidine rings is 1. The molecule has 2 unspecified atom stereocenters. The predicted octanol–water partition coefficient (Wildman–Crippen LogP) is 3.48. The number of carbonyl (C=O) groups excluding carboxylic acids is 2. The number of aromatic nitrogens is 1. The highest BCUT2D eigenvalue weighted by Gasteiger charge is 2.33. The predicted molar refractivity (Wildman–Crippen MR) is 123 cm³/mol. The molecule has 1 aromatic heterocycles. The van der Waals surface area contributed by atoms with Crippen molar-refractivity contribution >= 4 is 17.9 Å². The van der Waals surface area contributed by atoms with Gasteiger partial charge in [0, 0.05) is 37.6 Å². The van der Waals surface area contributed by atoms with E-state index in [1.54, 1.807) is 12.3 Å². The number of pyridine rings is 1. The van der Waals surface area contributed by atoms with Crippen molar-refractivity contribution in [2.75, 3.05) is 19.6 Å². The Labute approximate surface area is 193 Å². The lowest BCUT2D eigenvalue weighted by molar-refractivity contribution is 0.0792. The third-order valence-electron chi connectivity index (χ3n) is 6.79. The molecule has 1 aromatic carbocycles. The van der Waals surface area contributed by atoms with Gasteiger partial charge in [-0.15, -0.1) is 0 Å². The van der Waals surface area contributed by atoms with Crippen LogP contribution in [0, 0.1) is 5.92 Å². The molecule has 0 aliphatic carbocycles. The molecule has 4 rings (SSSR count). The Hall–Kier alpha value is -3.42. The zero-order chi connectivity index (χ0) is 23.4. The van der Waals surface area contributed by atoms with Gasteiger partial charge in [0.2, 0.25) is 5.91 Å². The topological polar surface area (TPSA) is 117 Å². The monoisotopic (exact) mass is 450 g/mol. The summed E-state index contributed by atoms with van der Waals surface area (Å²) >= 11 is 0. The van der Waals surface area contributed by atoms with Gasteiger partial charge in [0.05, 0.1) is 11.6 Å². The largest absolute Gasteiger partial charge is 0.465 e. The van der Waals surface area contributed by atoms with Crippen molar-refractivity contribution in [1.29, 1.82) is 0 Å². The summed E-state index contributed by atoms with van der Waals surface area (Å²) in [5.74, 6) is -0.159. The van der Waals surface area contributed by atoms with E-state index in [2.05, 4.69) is 4.98 Å². The van der Waals surface area contributed by atoms with Crippen LogP contribution in [0.2, 0.25) is 0 Å². The Morgan fingerprint density at radius 3 is 2.58 bits per heavy atom. The fourth-order valence-corrected chi connectivity index (χ4v) is 4.95. The standard InChI is InChI=1S/C25H30N4O4/c26-23(30)21-14-20(15-27-16-21)22-13-18(8-11-29(22)25(32)33)7-6-17-4-3-5-19(12-17)24(31)28-9-1-2-10-28/h3-5,12,14-16,18,22H,1-2,6-11,13H2,(H2,26,30)(H,32,33). The minimum Gasteiger partial charge on any atom is -0.465 e. The average molecular weight is 451 g/mol. The van der Waals surface area contributed by atoms with E-state index >= 15 is 0 Å². The van der Waals surface area contributed by atoms with Gasteiger partial charge < -0.3 is 20.6 Å². The van der Waals surface area contributed by atoms with E-state index < -0.39 is 12.0 Å². The smallest absolute Gasteiger partial charge is 0.407 e. The molecule has 8 nitrogen and oxygen atoms in total. The summed E-state index contributed by atoms with van der Waals surface area (Å²) in [6, 6.07) is 9.14. The Balaban J connectivity index is 1.43. The van der Waals surface area contributed by atoms with Crippen molar-refractivity contribution < 1.29 is 19.5 Å². The molecule has 2 aromatic rings. The summed E-state index contributed by atoms with van der Waals surface area (Å²) in [7, 11) is 0. The number of primary amides is 1. The molecule has 0 spiro atoms. The first-order chi connectivity index (χ1) is 15.9. The Morgan fingerprint density at radius 2 is 1.85 bits per heavy atom. The maximum absolute atomic E-state index is 12.7. The maximum Gasteiger partial charge on any atom is 0.407 e. The first-order valence-electron chi connectivity index (χ1n) is 11.5. The summed E-state index contributed by atoms with van der Waals surface area (Å²) < 4.78 is 0. The maximum atomic E-state index is 12.7. The second-order valence-corrected chi connectivity index (χ2v) is 8.99. The SMILES string of the molecule is NC(=O)c1cncc(C2CC(CCc3cccc(C(=O)N4CCCC4)c3)CCN2C(=O)O)c1. The molecular weight excluding hydrogens is 420 g/mol. The van der Waals surface area contributed by atoms with Crippen LogP contribution < -0.4 is 5.73 Å². The lowest BCUT2D eigenvalue weighted by Crippen LogP contribution is -2.40. The lowest BCUT2D eigenvalue weighted by atomic mass is 9.84. The van der Waals surface area contributed by atoms with Gasteiger partial charge in [0.15, 0.2) is 0 Å². The van der Waals surface area contributed by atoms with E-state index in [1.165, 1.54) is 11.1 Å². The molecule has 3 amide bonds. The van der Waals surface area contributed by atoms with Gasteiger partial charge in [-0.25, -0.2) is 4.79 Å². The van der Waals surface area contributed by atoms with Crippen molar-refractivity contribution in [3.8, 4) is 0 Å². The average Bonchev–Trinajstić information content (AvgIpc) is 3.37. The molecule has 2 aliphatic heterocycles. The van der Waals surface area contributed by atoms with Crippen molar-refractivity contribution in [3.63, 3.8) is 0 Å². The zero-order valence-corrected chi connectivity index (χ0v) is 18.7. The first kappa shape index (κ1) is 22.8. The molecule has 3 N–H and O–H groups in total. The summed E-state index contributed by atoms with van der Waals surface area (Å²) in [6.45, 7) is 2.09. The van der Waals surface area contributed by atoms with Crippen LogP contribution in [0.25, 0.3) is 0 Å². The molecule has 2 aliphatic rings. The summed E-state index contributed by atoms with van der Waals surface area (Å²) in [5, 5.41) is 9.69. The van der Waals surface area contributed by atoms with Crippen molar-refractivity contribution in [2.45, 2.75) is 44.6 Å². The van der Waals surface area contributed by atoms with E-state index in [-0.39, 0.29) is 17.5 Å². The first-order valence-corrected chi connectivity index (χ1v) is 11.5. The van der Waals surface area contributed by atoms with Crippen LogP contribution in [0.4, 0.5) is 4.79 Å². The van der Waals surface area contributed by atoms with Crippen LogP contribution in [0.1, 0.15) is 70.0 Å². The van der Waals surface area contributed by atoms with Gasteiger partial charge >= 0.3 is 6.09 Å². The van der Waals surface area contributed by atoms with Gasteiger partial charge in [0.25, 0.3) is 5.91 Å². The summed E-state index contributed by atoms with van der Waals surface area (Å²) in [5.41, 5.74) is 8.21. The lowest BCUT2D eigenvalue weighted by Gasteiger charge is -2.38. The minimum absolute atomic E-state index is 0.103. The van der Waals surface area contributed by atoms with Crippen LogP contribution in [0.3, 0.4) is 0 Å². The Bertz CT molecular complexity index is 1030. The second kappa shape index (κ2) is 10.0. The molecule has 0 bridgehead atoms. The number of rotatable bonds is 6. The van der Waals surface area contributed by atoms with Gasteiger partial charge in [-0.1, -0.05) is 12.1 Å². The fourth-order valence-electron chi connectivity index (χ4n) is 4.95. The van der Waals surface area contributed by atoms with Gasteiger partial charge in [-0.05, 0) is 73.8 Å². The zero-order valence-electron chi connectivity index (χ0n) is 18.7. The van der Waals surface area contributed by atoms with Crippen molar-refractivity contribution in [2.24, 2.45) is 11.7 Å². The Kier molecular flexibility index (Phi) is 6.91. The number of aryl methyl sites for hydroxylation is 1. The van der Waals surface area contributed by atoms with Crippen LogP contribution >= 0.6 is 0 Å². The number of carbonyl (C=O) groups is 3. The normalized spacial score (nSPS) is 20.6. The molecule has 2 saturated heterocycles. The quantitative estimate of drug-likeness (QED) is 0.699. The number of amides is 3. The van der Waals surface area contributed by atoms with Gasteiger partial charge in [-0.3, -0.25) is 14.6 Å². The summed E-state index contributed by atoms with van der Waals surface area (Å²) in [6.07, 6.45) is 7.33. The van der Waals surface area contributed by atoms with E-state index in [1.807, 2.05) is 29.2 Å². The molecule has 8 heteroatoms. The third kappa shape index (κ3) is 5.32. The summed E-state index contributed by atoms with van der Waals surface area (Å²) in [4.78, 5) is 43.5. The number of nitrogens with zero attached hydrogens (tertiary/aromatic N) is 3. The molecule has 174 valence electrons. The molecule has 0 radical (unpaired) electrons. The highest BCUT2D eigenvalue weighted by Crippen LogP contribution is 2.36. The molecular formula is C25H30N4O4. The van der Waals surface area contributed by atoms with E-state index in [0.29, 0.717) is 24.4 Å². The fraction of sp³-hybridized carbons (Fsp3) is 0.440. The van der Waals surface area contributed by atoms with E-state index in [0.717, 1.165) is 56.3 Å². The van der Waals surface area contributed by atoms with Crippen LogP contribution in [-0.4, -0.2) is 57.4 Å². The molecule has 3 heterocycles. The molecule has 2 atom stereocenters. The second-order valence-electron chi connectivity index (χ2n) is 8.99. The minimum atomic E-state index is -0.976.